The minimum absolute atomic E-state index is 0.00795. The van der Waals surface area contributed by atoms with Crippen LogP contribution in [0.25, 0.3) is 21.6 Å². The molecule has 1 saturated heterocycles. The Morgan fingerprint density at radius 2 is 2.05 bits per heavy atom. The maximum atomic E-state index is 13.9. The van der Waals surface area contributed by atoms with Gasteiger partial charge in [-0.25, -0.2) is 14.5 Å². The highest BCUT2D eigenvalue weighted by molar-refractivity contribution is 7.52. The van der Waals surface area contributed by atoms with Crippen LogP contribution in [0.1, 0.15) is 33.9 Å². The van der Waals surface area contributed by atoms with Gasteiger partial charge in [0.15, 0.2) is 17.4 Å². The zero-order valence-electron chi connectivity index (χ0n) is 22.4. The van der Waals surface area contributed by atoms with E-state index in [1.807, 2.05) is 0 Å². The van der Waals surface area contributed by atoms with E-state index in [4.69, 9.17) is 18.5 Å². The number of aliphatic hydroxyl groups excluding tert-OH is 2. The highest BCUT2D eigenvalue weighted by atomic mass is 31.2. The summed E-state index contributed by atoms with van der Waals surface area (Å²) in [5, 5.41) is 27.8. The topological polar surface area (TPSA) is 236 Å². The van der Waals surface area contributed by atoms with Crippen LogP contribution in [0.5, 0.6) is 5.75 Å². The predicted octanol–water partition coefficient (Wildman–Crippen LogP) is 1.90. The molecule has 0 bridgehead atoms. The number of azide groups is 1. The third-order valence-electron chi connectivity index (χ3n) is 5.78. The van der Waals surface area contributed by atoms with E-state index in [2.05, 4.69) is 30.1 Å². The number of para-hydroxylation sites is 1. The van der Waals surface area contributed by atoms with Crippen molar-refractivity contribution in [2.75, 3.05) is 6.61 Å². The van der Waals surface area contributed by atoms with Crippen LogP contribution < -0.4 is 15.2 Å². The first kappa shape index (κ1) is 30.1. The third kappa shape index (κ3) is 6.57. The number of aliphatic hydroxyl groups is 2. The average molecular weight is 593 g/mol. The van der Waals surface area contributed by atoms with Crippen LogP contribution in [0.2, 0.25) is 0 Å². The summed E-state index contributed by atoms with van der Waals surface area (Å²) in [6.07, 6.45) is -2.86. The van der Waals surface area contributed by atoms with Gasteiger partial charge in [-0.1, -0.05) is 23.3 Å². The second-order valence-electron chi connectivity index (χ2n) is 10.1. The molecule has 1 aliphatic rings. The van der Waals surface area contributed by atoms with Crippen molar-refractivity contribution in [3.63, 3.8) is 0 Å². The van der Waals surface area contributed by atoms with Crippen LogP contribution in [0.4, 0.5) is 0 Å². The molecule has 1 aromatic carbocycles. The normalized spacial score (nSPS) is 24.8. The SMILES string of the molecule is C[C@H](NP(=O)(OCC1(N=[N+]=[N-])O[C@@H](n2cnc3c(=O)[nH]cnc32)[C@H](O)[C@@H]1O)Oc1ccccc1)C(=O)OC(C)(C)C. The van der Waals surface area contributed by atoms with Crippen LogP contribution in [0, 0.1) is 0 Å². The Bertz CT molecular complexity index is 1550. The first-order valence-corrected chi connectivity index (χ1v) is 13.8. The fourth-order valence-electron chi connectivity index (χ4n) is 3.92. The molecule has 6 atom stereocenters. The molecule has 1 fully saturated rings. The second-order valence-corrected chi connectivity index (χ2v) is 11.8. The molecule has 0 aliphatic carbocycles. The highest BCUT2D eigenvalue weighted by Gasteiger charge is 2.56. The number of nitrogens with zero attached hydrogens (tertiary/aromatic N) is 6. The molecule has 1 aliphatic heterocycles. The zero-order valence-corrected chi connectivity index (χ0v) is 23.3. The molecule has 41 heavy (non-hydrogen) atoms. The first-order chi connectivity index (χ1) is 19.3. The van der Waals surface area contributed by atoms with Gasteiger partial charge in [-0.05, 0) is 45.4 Å². The van der Waals surface area contributed by atoms with Crippen LogP contribution in [0.15, 0.2) is 52.9 Å². The molecule has 4 rings (SSSR count). The van der Waals surface area contributed by atoms with Crippen molar-refractivity contribution in [2.45, 2.75) is 63.5 Å². The standard InChI is InChI=1S/C23H29N8O9P/c1-13(21(35)39-22(2,3)4)28-41(36,40-14-8-6-5-7-9-14)37-10-23(29-30-24)17(33)16(32)20(38-23)31-12-27-15-18(31)25-11-26-19(15)34/h5-9,11-13,16-17,20,32-33H,10H2,1-4H3,(H,28,36)(H,25,26,34)/t13-,16+,17-,20+,23?,41?/m0/s1. The number of fused-ring (bicyclic) bond motifs is 1. The number of hydrogen-bond donors (Lipinski definition) is 4. The van der Waals surface area contributed by atoms with Crippen LogP contribution >= 0.6 is 7.75 Å². The summed E-state index contributed by atoms with van der Waals surface area (Å²) < 4.78 is 37.4. The molecule has 0 spiro atoms. The van der Waals surface area contributed by atoms with Gasteiger partial charge in [-0.15, -0.1) is 0 Å². The van der Waals surface area contributed by atoms with Gasteiger partial charge >= 0.3 is 13.7 Å². The Kier molecular flexibility index (Phi) is 8.52. The van der Waals surface area contributed by atoms with Crippen molar-refractivity contribution in [1.29, 1.82) is 0 Å². The van der Waals surface area contributed by atoms with Gasteiger partial charge in [-0.3, -0.25) is 18.7 Å². The fraction of sp³-hybridized carbons (Fsp3) is 0.478. The molecule has 220 valence electrons. The smallest absolute Gasteiger partial charge is 0.459 e. The largest absolute Gasteiger partial charge is 0.459 e. The molecule has 3 heterocycles. The van der Waals surface area contributed by atoms with Crippen molar-refractivity contribution in [2.24, 2.45) is 5.11 Å². The van der Waals surface area contributed by atoms with Crippen molar-refractivity contribution < 1.29 is 38.1 Å². The Hall–Kier alpha value is -3.82. The molecule has 18 heteroatoms. The minimum Gasteiger partial charge on any atom is -0.459 e. The molecule has 3 aromatic rings. The van der Waals surface area contributed by atoms with E-state index in [-0.39, 0.29) is 16.9 Å². The Morgan fingerprint density at radius 3 is 2.71 bits per heavy atom. The van der Waals surface area contributed by atoms with Crippen molar-refractivity contribution in [3.05, 3.63) is 63.8 Å². The summed E-state index contributed by atoms with van der Waals surface area (Å²) in [7, 11) is -4.49. The minimum atomic E-state index is -4.49. The van der Waals surface area contributed by atoms with Gasteiger partial charge in [0.1, 0.15) is 29.6 Å². The summed E-state index contributed by atoms with van der Waals surface area (Å²) in [5.41, 5.74) is 5.48. The number of carbonyl (C=O) groups is 1. The van der Waals surface area contributed by atoms with Gasteiger partial charge in [0.25, 0.3) is 5.56 Å². The van der Waals surface area contributed by atoms with Gasteiger partial charge in [0.2, 0.25) is 5.72 Å². The maximum absolute atomic E-state index is 13.9. The van der Waals surface area contributed by atoms with Gasteiger partial charge in [0.05, 0.1) is 19.3 Å². The fourth-order valence-corrected chi connectivity index (χ4v) is 5.43. The number of H-pyrrole nitrogens is 1. The number of imidazole rings is 1. The Labute approximate surface area is 232 Å². The van der Waals surface area contributed by atoms with E-state index in [9.17, 15) is 29.9 Å². The molecule has 2 aromatic heterocycles. The molecule has 17 nitrogen and oxygen atoms in total. The lowest BCUT2D eigenvalue weighted by Crippen LogP contribution is -2.46. The first-order valence-electron chi connectivity index (χ1n) is 12.3. The van der Waals surface area contributed by atoms with E-state index >= 15 is 0 Å². The number of esters is 1. The second kappa shape index (κ2) is 11.6. The predicted molar refractivity (Wildman–Crippen MR) is 141 cm³/mol. The van der Waals surface area contributed by atoms with Gasteiger partial charge in [0, 0.05) is 4.91 Å². The average Bonchev–Trinajstić information content (AvgIpc) is 3.43. The zero-order chi connectivity index (χ0) is 30.0. The summed E-state index contributed by atoms with van der Waals surface area (Å²) in [4.78, 5) is 37.7. The molecule has 0 amide bonds. The van der Waals surface area contributed by atoms with Gasteiger partial charge < -0.3 is 29.2 Å². The summed E-state index contributed by atoms with van der Waals surface area (Å²) >= 11 is 0. The third-order valence-corrected chi connectivity index (χ3v) is 7.40. The Morgan fingerprint density at radius 1 is 1.34 bits per heavy atom. The number of aromatic amines is 1. The molecule has 2 unspecified atom stereocenters. The number of carbonyl (C=O) groups excluding carboxylic acids is 1. The molecule has 0 radical (unpaired) electrons. The summed E-state index contributed by atoms with van der Waals surface area (Å²) in [5.74, 6) is -0.658. The maximum Gasteiger partial charge on any atom is 0.459 e. The number of aromatic nitrogens is 4. The number of ether oxygens (including phenoxy) is 2. The summed E-state index contributed by atoms with van der Waals surface area (Å²) in [6, 6.07) is 6.68. The quantitative estimate of drug-likeness (QED) is 0.0868. The number of rotatable bonds is 10. The van der Waals surface area contributed by atoms with Crippen LogP contribution in [-0.2, 0) is 23.4 Å². The van der Waals surface area contributed by atoms with Crippen molar-refractivity contribution >= 4 is 24.9 Å². The number of hydrogen-bond acceptors (Lipinski definition) is 12. The molecule has 0 saturated carbocycles. The lowest BCUT2D eigenvalue weighted by molar-refractivity contribution is -0.156. The highest BCUT2D eigenvalue weighted by Crippen LogP contribution is 2.48. The lowest BCUT2D eigenvalue weighted by Gasteiger charge is -2.30. The van der Waals surface area contributed by atoms with Crippen molar-refractivity contribution in [3.8, 4) is 5.75 Å². The van der Waals surface area contributed by atoms with E-state index < -0.39 is 61.7 Å². The monoisotopic (exact) mass is 592 g/mol. The molecule has 4 N–H and O–H groups in total. The lowest BCUT2D eigenvalue weighted by atomic mass is 10.1. The molecular weight excluding hydrogens is 563 g/mol. The van der Waals surface area contributed by atoms with Crippen LogP contribution in [-0.4, -0.2) is 71.9 Å². The van der Waals surface area contributed by atoms with E-state index in [1.54, 1.807) is 39.0 Å². The Balaban J connectivity index is 1.63. The van der Waals surface area contributed by atoms with E-state index in [0.29, 0.717) is 0 Å². The molecular formula is C23H29N8O9P. The summed E-state index contributed by atoms with van der Waals surface area (Å²) in [6.45, 7) is 5.44. The number of benzene rings is 1. The number of nitrogens with one attached hydrogen (secondary N) is 2. The van der Waals surface area contributed by atoms with Crippen LogP contribution in [0.3, 0.4) is 0 Å². The van der Waals surface area contributed by atoms with Crippen molar-refractivity contribution in [1.82, 2.24) is 24.6 Å². The van der Waals surface area contributed by atoms with Gasteiger partial charge in [-0.2, -0.15) is 5.09 Å². The van der Waals surface area contributed by atoms with E-state index in [0.717, 1.165) is 17.2 Å². The van der Waals surface area contributed by atoms with E-state index in [1.165, 1.54) is 19.1 Å².